The van der Waals surface area contributed by atoms with Gasteiger partial charge >= 0.3 is 0 Å². The molecule has 1 atom stereocenters. The van der Waals surface area contributed by atoms with Gasteiger partial charge in [0.25, 0.3) is 0 Å². The zero-order valence-electron chi connectivity index (χ0n) is 12.2. The number of hydrogen-bond donors (Lipinski definition) is 2. The molecule has 2 N–H and O–H groups in total. The average Bonchev–Trinajstić information content (AvgIpc) is 2.82. The minimum atomic E-state index is -0.547. The van der Waals surface area contributed by atoms with Gasteiger partial charge in [-0.3, -0.25) is 4.68 Å². The maximum absolute atomic E-state index is 10.3. The van der Waals surface area contributed by atoms with Crippen LogP contribution in [-0.2, 0) is 7.05 Å². The molecule has 2 aromatic carbocycles. The van der Waals surface area contributed by atoms with Crippen molar-refractivity contribution < 1.29 is 5.11 Å². The van der Waals surface area contributed by atoms with Crippen molar-refractivity contribution in [3.63, 3.8) is 0 Å². The van der Waals surface area contributed by atoms with Gasteiger partial charge in [0.1, 0.15) is 0 Å². The molecule has 1 aromatic heterocycles. The average molecular weight is 281 g/mol. The third-order valence-electron chi connectivity index (χ3n) is 3.66. The summed E-state index contributed by atoms with van der Waals surface area (Å²) >= 11 is 0. The van der Waals surface area contributed by atoms with Crippen LogP contribution >= 0.6 is 0 Å². The van der Waals surface area contributed by atoms with Crippen molar-refractivity contribution in [3.8, 4) is 0 Å². The number of anilines is 1. The van der Waals surface area contributed by atoms with E-state index in [9.17, 15) is 5.11 Å². The molecule has 3 aromatic rings. The van der Waals surface area contributed by atoms with E-state index < -0.39 is 6.10 Å². The number of fused-ring (bicyclic) bond motifs is 1. The molecule has 0 aliphatic carbocycles. The molecule has 1 heterocycles. The molecule has 0 spiro atoms. The van der Waals surface area contributed by atoms with Crippen molar-refractivity contribution in [1.29, 1.82) is 0 Å². The molecule has 0 aliphatic heterocycles. The summed E-state index contributed by atoms with van der Waals surface area (Å²) in [4.78, 5) is 0. The molecular weight excluding hydrogens is 262 g/mol. The van der Waals surface area contributed by atoms with E-state index in [1.165, 1.54) is 5.39 Å². The predicted octanol–water partition coefficient (Wildman–Crippen LogP) is 3.03. The first kappa shape index (κ1) is 13.6. The van der Waals surface area contributed by atoms with E-state index in [4.69, 9.17) is 0 Å². The fourth-order valence-electron chi connectivity index (χ4n) is 2.51. The second kappa shape index (κ2) is 5.58. The Morgan fingerprint density at radius 1 is 1.19 bits per heavy atom. The van der Waals surface area contributed by atoms with Crippen LogP contribution < -0.4 is 5.32 Å². The molecule has 0 saturated heterocycles. The standard InChI is InChI=1S/C17H19N3O/c1-12-16(11-20(2)19-12)18-10-17(21)15-8-7-13-5-3-4-6-14(13)9-15/h3-9,11,17-18,21H,10H2,1-2H3. The summed E-state index contributed by atoms with van der Waals surface area (Å²) in [6, 6.07) is 14.2. The lowest BCUT2D eigenvalue weighted by molar-refractivity contribution is 0.192. The number of nitrogens with one attached hydrogen (secondary N) is 1. The Balaban J connectivity index is 1.74. The molecule has 0 amide bonds. The third-order valence-corrected chi connectivity index (χ3v) is 3.66. The minimum absolute atomic E-state index is 0.463. The predicted molar refractivity (Wildman–Crippen MR) is 85.3 cm³/mol. The lowest BCUT2D eigenvalue weighted by Gasteiger charge is -2.13. The molecule has 0 bridgehead atoms. The first-order valence-electron chi connectivity index (χ1n) is 7.04. The number of rotatable bonds is 4. The van der Waals surface area contributed by atoms with Crippen LogP contribution in [-0.4, -0.2) is 21.4 Å². The lowest BCUT2D eigenvalue weighted by atomic mass is 10.0. The Morgan fingerprint density at radius 2 is 1.95 bits per heavy atom. The summed E-state index contributed by atoms with van der Waals surface area (Å²) in [5.41, 5.74) is 2.81. The van der Waals surface area contributed by atoms with Gasteiger partial charge in [0.2, 0.25) is 0 Å². The second-order valence-electron chi connectivity index (χ2n) is 5.31. The first-order chi connectivity index (χ1) is 10.1. The number of benzene rings is 2. The minimum Gasteiger partial charge on any atom is -0.387 e. The quantitative estimate of drug-likeness (QED) is 0.773. The number of hydrogen-bond acceptors (Lipinski definition) is 3. The van der Waals surface area contributed by atoms with Gasteiger partial charge in [-0.25, -0.2) is 0 Å². The summed E-state index contributed by atoms with van der Waals surface area (Å²) in [5.74, 6) is 0. The highest BCUT2D eigenvalue weighted by Crippen LogP contribution is 2.21. The maximum atomic E-state index is 10.3. The topological polar surface area (TPSA) is 50.1 Å². The Bertz CT molecular complexity index is 764. The Morgan fingerprint density at radius 3 is 2.67 bits per heavy atom. The van der Waals surface area contributed by atoms with E-state index >= 15 is 0 Å². The van der Waals surface area contributed by atoms with Crippen LogP contribution in [0, 0.1) is 6.92 Å². The van der Waals surface area contributed by atoms with Crippen LogP contribution in [0.25, 0.3) is 10.8 Å². The van der Waals surface area contributed by atoms with Crippen LogP contribution in [0.3, 0.4) is 0 Å². The molecule has 1 unspecified atom stereocenters. The van der Waals surface area contributed by atoms with Gasteiger partial charge in [-0.05, 0) is 29.3 Å². The van der Waals surface area contributed by atoms with Crippen molar-refractivity contribution in [2.45, 2.75) is 13.0 Å². The zero-order chi connectivity index (χ0) is 14.8. The summed E-state index contributed by atoms with van der Waals surface area (Å²) in [6.07, 6.45) is 1.37. The highest BCUT2D eigenvalue weighted by Gasteiger charge is 2.10. The normalized spacial score (nSPS) is 12.5. The fraction of sp³-hybridized carbons (Fsp3) is 0.235. The van der Waals surface area contributed by atoms with E-state index in [2.05, 4.69) is 22.5 Å². The molecule has 0 aliphatic rings. The molecule has 0 fully saturated rings. The Hall–Kier alpha value is -2.33. The van der Waals surface area contributed by atoms with Crippen molar-refractivity contribution in [1.82, 2.24) is 9.78 Å². The Kier molecular flexibility index (Phi) is 3.62. The third kappa shape index (κ3) is 2.90. The molecule has 4 heteroatoms. The fourth-order valence-corrected chi connectivity index (χ4v) is 2.51. The molecule has 0 radical (unpaired) electrons. The Labute approximate surface area is 124 Å². The number of aryl methyl sites for hydroxylation is 2. The van der Waals surface area contributed by atoms with Gasteiger partial charge in [-0.15, -0.1) is 0 Å². The second-order valence-corrected chi connectivity index (χ2v) is 5.31. The smallest absolute Gasteiger partial charge is 0.0962 e. The van der Waals surface area contributed by atoms with Crippen LogP contribution in [0.5, 0.6) is 0 Å². The monoisotopic (exact) mass is 281 g/mol. The molecule has 3 rings (SSSR count). The number of nitrogens with zero attached hydrogens (tertiary/aromatic N) is 2. The lowest BCUT2D eigenvalue weighted by Crippen LogP contribution is -2.12. The molecular formula is C17H19N3O. The number of aliphatic hydroxyl groups excluding tert-OH is 1. The number of aromatic nitrogens is 2. The van der Waals surface area contributed by atoms with Crippen molar-refractivity contribution in [3.05, 3.63) is 59.9 Å². The van der Waals surface area contributed by atoms with Gasteiger partial charge < -0.3 is 10.4 Å². The summed E-state index contributed by atoms with van der Waals surface area (Å²) in [6.45, 7) is 2.41. The van der Waals surface area contributed by atoms with Crippen LogP contribution in [0.2, 0.25) is 0 Å². The molecule has 0 saturated carbocycles. The van der Waals surface area contributed by atoms with Gasteiger partial charge in [-0.2, -0.15) is 5.10 Å². The van der Waals surface area contributed by atoms with Crippen LogP contribution in [0.1, 0.15) is 17.4 Å². The van der Waals surface area contributed by atoms with Gasteiger partial charge in [0, 0.05) is 19.8 Å². The SMILES string of the molecule is Cc1nn(C)cc1NCC(O)c1ccc2ccccc2c1. The highest BCUT2D eigenvalue weighted by atomic mass is 16.3. The van der Waals surface area contributed by atoms with Gasteiger partial charge in [0.15, 0.2) is 0 Å². The molecule has 21 heavy (non-hydrogen) atoms. The highest BCUT2D eigenvalue weighted by molar-refractivity contribution is 5.83. The van der Waals surface area contributed by atoms with Crippen molar-refractivity contribution in [2.75, 3.05) is 11.9 Å². The van der Waals surface area contributed by atoms with E-state index in [0.717, 1.165) is 22.3 Å². The van der Waals surface area contributed by atoms with Gasteiger partial charge in [0.05, 0.1) is 17.5 Å². The van der Waals surface area contributed by atoms with Gasteiger partial charge in [-0.1, -0.05) is 36.4 Å². The van der Waals surface area contributed by atoms with E-state index in [1.54, 1.807) is 4.68 Å². The summed E-state index contributed by atoms with van der Waals surface area (Å²) in [5, 5.41) is 20.2. The van der Waals surface area contributed by atoms with Crippen LogP contribution in [0.15, 0.2) is 48.7 Å². The van der Waals surface area contributed by atoms with Crippen molar-refractivity contribution in [2.24, 2.45) is 7.05 Å². The first-order valence-corrected chi connectivity index (χ1v) is 7.04. The van der Waals surface area contributed by atoms with E-state index in [-0.39, 0.29) is 0 Å². The van der Waals surface area contributed by atoms with Crippen molar-refractivity contribution >= 4 is 16.5 Å². The summed E-state index contributed by atoms with van der Waals surface area (Å²) < 4.78 is 1.76. The molecule has 4 nitrogen and oxygen atoms in total. The van der Waals surface area contributed by atoms with E-state index in [1.807, 2.05) is 50.5 Å². The van der Waals surface area contributed by atoms with E-state index in [0.29, 0.717) is 6.54 Å². The largest absolute Gasteiger partial charge is 0.387 e. The summed E-state index contributed by atoms with van der Waals surface area (Å²) in [7, 11) is 1.89. The maximum Gasteiger partial charge on any atom is 0.0962 e. The number of aliphatic hydroxyl groups is 1. The van der Waals surface area contributed by atoms with Crippen LogP contribution in [0.4, 0.5) is 5.69 Å². The zero-order valence-corrected chi connectivity index (χ0v) is 12.2. The molecule has 108 valence electrons.